The van der Waals surface area contributed by atoms with Gasteiger partial charge in [0.1, 0.15) is 0 Å². The van der Waals surface area contributed by atoms with Crippen molar-refractivity contribution in [1.29, 1.82) is 0 Å². The molecule has 0 unspecified atom stereocenters. The number of halogens is 2. The number of alkyl halides is 2. The summed E-state index contributed by atoms with van der Waals surface area (Å²) in [5, 5.41) is 0. The van der Waals surface area contributed by atoms with Crippen LogP contribution in [0.2, 0.25) is 0 Å². The SMILES string of the molecule is CC.CCCc1ccc(C(C)(F)F)cc1. The molecular formula is C13H20F2. The largest absolute Gasteiger partial charge is 0.270 e. The van der Waals surface area contributed by atoms with E-state index in [1.165, 1.54) is 12.1 Å². The van der Waals surface area contributed by atoms with E-state index >= 15 is 0 Å². The average Bonchev–Trinajstić information content (AvgIpc) is 2.21. The van der Waals surface area contributed by atoms with E-state index in [0.717, 1.165) is 25.3 Å². The molecule has 0 spiro atoms. The molecule has 0 aromatic heterocycles. The zero-order valence-corrected chi connectivity index (χ0v) is 9.98. The molecule has 0 aliphatic heterocycles. The van der Waals surface area contributed by atoms with Crippen molar-refractivity contribution in [3.63, 3.8) is 0 Å². The van der Waals surface area contributed by atoms with Crippen molar-refractivity contribution in [1.82, 2.24) is 0 Å². The van der Waals surface area contributed by atoms with Gasteiger partial charge >= 0.3 is 0 Å². The Morgan fingerprint density at radius 2 is 1.53 bits per heavy atom. The van der Waals surface area contributed by atoms with E-state index in [0.29, 0.717) is 0 Å². The van der Waals surface area contributed by atoms with Gasteiger partial charge in [-0.2, -0.15) is 0 Å². The number of hydrogen-bond donors (Lipinski definition) is 0. The van der Waals surface area contributed by atoms with E-state index < -0.39 is 5.92 Å². The van der Waals surface area contributed by atoms with Crippen molar-refractivity contribution in [2.45, 2.75) is 46.5 Å². The van der Waals surface area contributed by atoms with E-state index in [4.69, 9.17) is 0 Å². The van der Waals surface area contributed by atoms with E-state index in [1.807, 2.05) is 13.8 Å². The van der Waals surface area contributed by atoms with Crippen LogP contribution in [-0.2, 0) is 12.3 Å². The van der Waals surface area contributed by atoms with Crippen molar-refractivity contribution < 1.29 is 8.78 Å². The van der Waals surface area contributed by atoms with Crippen LogP contribution < -0.4 is 0 Å². The van der Waals surface area contributed by atoms with Gasteiger partial charge in [0.05, 0.1) is 0 Å². The summed E-state index contributed by atoms with van der Waals surface area (Å²) >= 11 is 0. The normalized spacial score (nSPS) is 10.5. The molecule has 0 saturated heterocycles. The van der Waals surface area contributed by atoms with E-state index in [1.54, 1.807) is 12.1 Å². The highest BCUT2D eigenvalue weighted by atomic mass is 19.3. The van der Waals surface area contributed by atoms with Gasteiger partial charge < -0.3 is 0 Å². The molecule has 0 N–H and O–H groups in total. The number of aryl methyl sites for hydroxylation is 1. The smallest absolute Gasteiger partial charge is 0.202 e. The van der Waals surface area contributed by atoms with Gasteiger partial charge in [0.25, 0.3) is 5.92 Å². The summed E-state index contributed by atoms with van der Waals surface area (Å²) in [6.45, 7) is 6.99. The van der Waals surface area contributed by atoms with Gasteiger partial charge in [0, 0.05) is 12.5 Å². The number of hydrogen-bond acceptors (Lipinski definition) is 0. The Kier molecular flexibility index (Phi) is 6.14. The number of benzene rings is 1. The quantitative estimate of drug-likeness (QED) is 0.679. The highest BCUT2D eigenvalue weighted by Gasteiger charge is 2.23. The fourth-order valence-electron chi connectivity index (χ4n) is 1.25. The fraction of sp³-hybridized carbons (Fsp3) is 0.538. The van der Waals surface area contributed by atoms with Crippen LogP contribution in [0.4, 0.5) is 8.78 Å². The molecule has 15 heavy (non-hydrogen) atoms. The summed E-state index contributed by atoms with van der Waals surface area (Å²) in [5.74, 6) is -2.72. The first-order valence-electron chi connectivity index (χ1n) is 5.51. The molecule has 0 saturated carbocycles. The van der Waals surface area contributed by atoms with Crippen molar-refractivity contribution in [3.8, 4) is 0 Å². The van der Waals surface area contributed by atoms with Crippen LogP contribution in [0.1, 0.15) is 45.2 Å². The molecule has 0 fully saturated rings. The lowest BCUT2D eigenvalue weighted by atomic mass is 10.0. The summed E-state index contributed by atoms with van der Waals surface area (Å²) in [6.07, 6.45) is 2.00. The molecule has 1 rings (SSSR count). The van der Waals surface area contributed by atoms with Gasteiger partial charge in [0.2, 0.25) is 0 Å². The summed E-state index contributed by atoms with van der Waals surface area (Å²) in [7, 11) is 0. The molecule has 0 radical (unpaired) electrons. The van der Waals surface area contributed by atoms with Crippen LogP contribution in [0.25, 0.3) is 0 Å². The standard InChI is InChI=1S/C11H14F2.C2H6/c1-3-4-9-5-7-10(8-6-9)11(2,12)13;1-2/h5-8H,3-4H2,1-2H3;1-2H3. The van der Waals surface area contributed by atoms with Gasteiger partial charge in [-0.15, -0.1) is 0 Å². The number of rotatable bonds is 3. The second-order valence-electron chi connectivity index (χ2n) is 3.34. The van der Waals surface area contributed by atoms with Gasteiger partial charge in [0.15, 0.2) is 0 Å². The summed E-state index contributed by atoms with van der Waals surface area (Å²) < 4.78 is 25.5. The molecule has 0 bridgehead atoms. The monoisotopic (exact) mass is 214 g/mol. The summed E-state index contributed by atoms with van der Waals surface area (Å²) in [4.78, 5) is 0. The second kappa shape index (κ2) is 6.54. The third-order valence-corrected chi connectivity index (χ3v) is 2.00. The Labute approximate surface area is 91.3 Å². The molecule has 0 nitrogen and oxygen atoms in total. The first-order valence-corrected chi connectivity index (χ1v) is 5.51. The Balaban J connectivity index is 0.000000921. The van der Waals surface area contributed by atoms with Crippen LogP contribution >= 0.6 is 0 Å². The maximum atomic E-state index is 12.8. The van der Waals surface area contributed by atoms with Gasteiger partial charge in [-0.1, -0.05) is 51.5 Å². The molecule has 86 valence electrons. The molecule has 2 heteroatoms. The zero-order valence-electron chi connectivity index (χ0n) is 9.98. The third-order valence-electron chi connectivity index (χ3n) is 2.00. The average molecular weight is 214 g/mol. The topological polar surface area (TPSA) is 0 Å². The molecule has 0 heterocycles. The highest BCUT2D eigenvalue weighted by Crippen LogP contribution is 2.26. The first-order chi connectivity index (χ1) is 7.04. The van der Waals surface area contributed by atoms with Crippen molar-refractivity contribution in [3.05, 3.63) is 35.4 Å². The maximum Gasteiger partial charge on any atom is 0.270 e. The minimum Gasteiger partial charge on any atom is -0.202 e. The van der Waals surface area contributed by atoms with Gasteiger partial charge in [-0.25, -0.2) is 8.78 Å². The highest BCUT2D eigenvalue weighted by molar-refractivity contribution is 5.25. The molecular weight excluding hydrogens is 194 g/mol. The van der Waals surface area contributed by atoms with Crippen molar-refractivity contribution in [2.75, 3.05) is 0 Å². The molecule has 1 aromatic carbocycles. The second-order valence-corrected chi connectivity index (χ2v) is 3.34. The van der Waals surface area contributed by atoms with Crippen molar-refractivity contribution >= 4 is 0 Å². The molecule has 0 atom stereocenters. The van der Waals surface area contributed by atoms with Gasteiger partial charge in [-0.05, 0) is 12.0 Å². The predicted molar refractivity (Wildman–Crippen MR) is 61.4 cm³/mol. The minimum absolute atomic E-state index is 0.0901. The Bertz CT molecular complexity index is 257. The lowest BCUT2D eigenvalue weighted by molar-refractivity contribution is 0.0174. The lowest BCUT2D eigenvalue weighted by Crippen LogP contribution is -2.06. The summed E-state index contributed by atoms with van der Waals surface area (Å²) in [5.41, 5.74) is 1.21. The molecule has 0 aliphatic carbocycles. The Morgan fingerprint density at radius 1 is 1.07 bits per heavy atom. The molecule has 1 aromatic rings. The van der Waals surface area contributed by atoms with Crippen LogP contribution in [0, 0.1) is 0 Å². The minimum atomic E-state index is -2.72. The fourth-order valence-corrected chi connectivity index (χ4v) is 1.25. The first kappa shape index (κ1) is 14.1. The van der Waals surface area contributed by atoms with E-state index in [2.05, 4.69) is 6.92 Å². The molecule has 0 aliphatic rings. The lowest BCUT2D eigenvalue weighted by Gasteiger charge is -2.10. The Morgan fingerprint density at radius 3 is 1.87 bits per heavy atom. The van der Waals surface area contributed by atoms with E-state index in [9.17, 15) is 8.78 Å². The third kappa shape index (κ3) is 4.91. The summed E-state index contributed by atoms with van der Waals surface area (Å²) in [6, 6.07) is 6.56. The maximum absolute atomic E-state index is 12.8. The van der Waals surface area contributed by atoms with Crippen LogP contribution in [0.5, 0.6) is 0 Å². The van der Waals surface area contributed by atoms with Crippen LogP contribution in [0.3, 0.4) is 0 Å². The predicted octanol–water partition coefficient (Wildman–Crippen LogP) is 4.78. The van der Waals surface area contributed by atoms with Crippen LogP contribution in [0.15, 0.2) is 24.3 Å². The Hall–Kier alpha value is -0.920. The van der Waals surface area contributed by atoms with Crippen molar-refractivity contribution in [2.24, 2.45) is 0 Å². The van der Waals surface area contributed by atoms with Crippen LogP contribution in [-0.4, -0.2) is 0 Å². The molecule has 0 amide bonds. The zero-order chi connectivity index (χ0) is 11.9. The van der Waals surface area contributed by atoms with E-state index in [-0.39, 0.29) is 5.56 Å². The van der Waals surface area contributed by atoms with Gasteiger partial charge in [-0.3, -0.25) is 0 Å².